The summed E-state index contributed by atoms with van der Waals surface area (Å²) >= 11 is 5.22. The number of hydrogen-bond donors (Lipinski definition) is 0. The Bertz CT molecular complexity index is 463. The lowest BCUT2D eigenvalue weighted by Crippen LogP contribution is -1.93. The predicted octanol–water partition coefficient (Wildman–Crippen LogP) is 2.40. The molecule has 3 nitrogen and oxygen atoms in total. The van der Waals surface area contributed by atoms with Crippen molar-refractivity contribution in [3.8, 4) is 0 Å². The molecule has 0 N–H and O–H groups in total. The summed E-state index contributed by atoms with van der Waals surface area (Å²) in [7, 11) is 0. The summed E-state index contributed by atoms with van der Waals surface area (Å²) in [6.07, 6.45) is 0. The average Bonchev–Trinajstić information content (AvgIpc) is 2.60. The second kappa shape index (κ2) is 3.14. The van der Waals surface area contributed by atoms with Gasteiger partial charge in [0.25, 0.3) is 0 Å². The Hall–Kier alpha value is -1.42. The van der Waals surface area contributed by atoms with Crippen molar-refractivity contribution < 1.29 is 4.39 Å². The molecule has 1 heterocycles. The smallest absolute Gasteiger partial charge is 0.185 e. The molecule has 5 heteroatoms. The van der Waals surface area contributed by atoms with Crippen LogP contribution < -0.4 is 0 Å². The Morgan fingerprint density at radius 2 is 2.23 bits per heavy atom. The van der Waals surface area contributed by atoms with Gasteiger partial charge in [-0.1, -0.05) is 28.9 Å². The monoisotopic (exact) mass is 197 g/mol. The maximum absolute atomic E-state index is 13.0. The van der Waals surface area contributed by atoms with Gasteiger partial charge in [0, 0.05) is 0 Å². The highest BCUT2D eigenvalue weighted by atomic mass is 35.5. The van der Waals surface area contributed by atoms with E-state index in [0.29, 0.717) is 11.0 Å². The van der Waals surface area contributed by atoms with Crippen LogP contribution in [0.2, 0.25) is 0 Å². The van der Waals surface area contributed by atoms with Gasteiger partial charge >= 0.3 is 0 Å². The van der Waals surface area contributed by atoms with Gasteiger partial charge in [-0.3, -0.25) is 0 Å². The second-order valence-electron chi connectivity index (χ2n) is 2.42. The van der Waals surface area contributed by atoms with Crippen molar-refractivity contribution in [2.24, 2.45) is 0 Å². The molecule has 2 aromatic rings. The molecule has 0 atom stereocenters. The van der Waals surface area contributed by atoms with Crippen LogP contribution in [0, 0.1) is 0 Å². The number of benzene rings is 1. The largest absolute Gasteiger partial charge is 0.227 e. The van der Waals surface area contributed by atoms with Crippen molar-refractivity contribution in [3.05, 3.63) is 29.8 Å². The van der Waals surface area contributed by atoms with Crippen molar-refractivity contribution in [1.29, 1.82) is 0 Å². The summed E-state index contributed by atoms with van der Waals surface area (Å²) in [4.78, 5) is 0. The Kier molecular flexibility index (Phi) is 1.98. The van der Waals surface area contributed by atoms with Crippen molar-refractivity contribution in [2.75, 3.05) is 0 Å². The van der Waals surface area contributed by atoms with E-state index in [4.69, 9.17) is 11.6 Å². The van der Waals surface area contributed by atoms with Gasteiger partial charge in [-0.25, -0.2) is 0 Å². The van der Waals surface area contributed by atoms with Gasteiger partial charge in [-0.05, 0) is 12.1 Å². The zero-order valence-corrected chi connectivity index (χ0v) is 7.24. The van der Waals surface area contributed by atoms with E-state index in [1.165, 1.54) is 0 Å². The van der Waals surface area contributed by atoms with Gasteiger partial charge in [0.15, 0.2) is 0 Å². The molecular weight excluding hydrogens is 193 g/mol. The van der Waals surface area contributed by atoms with E-state index >= 15 is 0 Å². The van der Waals surface area contributed by atoms with Crippen LogP contribution in [0.5, 0.6) is 0 Å². The number of halogens is 2. The standard InChI is InChI=1S/C8H5ClFN3/c9-5-8(10)13-7-4-2-1-3-6(7)11-12-13/h1-5H/b8-5-. The maximum atomic E-state index is 13.0. The fourth-order valence-corrected chi connectivity index (χ4v) is 1.17. The van der Waals surface area contributed by atoms with Crippen LogP contribution >= 0.6 is 11.6 Å². The lowest BCUT2D eigenvalue weighted by atomic mass is 10.3. The molecule has 1 aromatic carbocycles. The van der Waals surface area contributed by atoms with Gasteiger partial charge in [-0.15, -0.1) is 5.10 Å². The van der Waals surface area contributed by atoms with Gasteiger partial charge in [0.2, 0.25) is 5.95 Å². The third kappa shape index (κ3) is 1.29. The van der Waals surface area contributed by atoms with Crippen LogP contribution in [0.15, 0.2) is 29.8 Å². The molecule has 1 aromatic heterocycles. The SMILES string of the molecule is F/C(=C/Cl)n1nnc2ccccc21. The molecule has 13 heavy (non-hydrogen) atoms. The summed E-state index contributed by atoms with van der Waals surface area (Å²) in [6.45, 7) is 0. The van der Waals surface area contributed by atoms with Crippen LogP contribution in [-0.4, -0.2) is 15.0 Å². The van der Waals surface area contributed by atoms with Crippen LogP contribution in [-0.2, 0) is 0 Å². The fraction of sp³-hybridized carbons (Fsp3) is 0. The van der Waals surface area contributed by atoms with Crippen molar-refractivity contribution in [1.82, 2.24) is 15.0 Å². The first-order valence-electron chi connectivity index (χ1n) is 3.59. The topological polar surface area (TPSA) is 30.7 Å². The molecular formula is C8H5ClFN3. The lowest BCUT2D eigenvalue weighted by molar-refractivity contribution is 0.647. The molecule has 66 valence electrons. The highest BCUT2D eigenvalue weighted by Crippen LogP contribution is 2.15. The molecule has 0 aliphatic heterocycles. The summed E-state index contributed by atoms with van der Waals surface area (Å²) in [5, 5.41) is 7.37. The molecule has 0 bridgehead atoms. The molecule has 0 fully saturated rings. The van der Waals surface area contributed by atoms with Crippen molar-refractivity contribution >= 4 is 28.6 Å². The summed E-state index contributed by atoms with van der Waals surface area (Å²) in [5.41, 5.74) is 2.05. The molecule has 0 radical (unpaired) electrons. The third-order valence-corrected chi connectivity index (χ3v) is 1.82. The highest BCUT2D eigenvalue weighted by Gasteiger charge is 2.05. The first-order valence-corrected chi connectivity index (χ1v) is 4.03. The number of rotatable bonds is 1. The van der Waals surface area contributed by atoms with Crippen molar-refractivity contribution in [3.63, 3.8) is 0 Å². The Morgan fingerprint density at radius 1 is 1.46 bits per heavy atom. The molecule has 0 unspecified atom stereocenters. The lowest BCUT2D eigenvalue weighted by Gasteiger charge is -1.94. The Labute approximate surface area is 78.4 Å². The van der Waals surface area contributed by atoms with E-state index in [1.54, 1.807) is 18.2 Å². The van der Waals surface area contributed by atoms with Crippen LogP contribution in [0.25, 0.3) is 17.0 Å². The number of fused-ring (bicyclic) bond motifs is 1. The average molecular weight is 198 g/mol. The van der Waals surface area contributed by atoms with Gasteiger partial charge < -0.3 is 0 Å². The first kappa shape index (κ1) is 8.19. The molecule has 0 aliphatic carbocycles. The van der Waals surface area contributed by atoms with E-state index < -0.39 is 5.95 Å². The Balaban J connectivity index is 2.71. The van der Waals surface area contributed by atoms with E-state index in [0.717, 1.165) is 10.2 Å². The normalized spacial score (nSPS) is 12.3. The summed E-state index contributed by atoms with van der Waals surface area (Å²) < 4.78 is 14.1. The maximum Gasteiger partial charge on any atom is 0.227 e. The van der Waals surface area contributed by atoms with Crippen molar-refractivity contribution in [2.45, 2.75) is 0 Å². The van der Waals surface area contributed by atoms with E-state index in [-0.39, 0.29) is 0 Å². The third-order valence-electron chi connectivity index (χ3n) is 1.64. The quantitative estimate of drug-likeness (QED) is 0.703. The van der Waals surface area contributed by atoms with E-state index in [2.05, 4.69) is 10.3 Å². The fourth-order valence-electron chi connectivity index (χ4n) is 1.07. The van der Waals surface area contributed by atoms with E-state index in [9.17, 15) is 4.39 Å². The zero-order valence-electron chi connectivity index (χ0n) is 6.48. The minimum Gasteiger partial charge on any atom is -0.185 e. The van der Waals surface area contributed by atoms with Crippen LogP contribution in [0.4, 0.5) is 4.39 Å². The minimum absolute atomic E-state index is 0.594. The first-order chi connectivity index (χ1) is 6.33. The zero-order chi connectivity index (χ0) is 9.26. The number of para-hydroxylation sites is 1. The molecule has 0 spiro atoms. The van der Waals surface area contributed by atoms with Gasteiger partial charge in [0.1, 0.15) is 5.52 Å². The van der Waals surface area contributed by atoms with Gasteiger partial charge in [0.05, 0.1) is 11.1 Å². The number of nitrogens with zero attached hydrogens (tertiary/aromatic N) is 3. The van der Waals surface area contributed by atoms with Crippen LogP contribution in [0.3, 0.4) is 0 Å². The summed E-state index contributed by atoms with van der Waals surface area (Å²) in [6, 6.07) is 7.06. The number of aromatic nitrogens is 3. The predicted molar refractivity (Wildman–Crippen MR) is 48.8 cm³/mol. The second-order valence-corrected chi connectivity index (χ2v) is 2.64. The molecule has 0 amide bonds. The Morgan fingerprint density at radius 3 is 3.00 bits per heavy atom. The summed E-state index contributed by atoms with van der Waals surface area (Å²) in [5.74, 6) is -0.643. The molecule has 0 aliphatic rings. The molecule has 2 rings (SSSR count). The highest BCUT2D eigenvalue weighted by molar-refractivity contribution is 6.27. The van der Waals surface area contributed by atoms with E-state index in [1.807, 2.05) is 6.07 Å². The number of hydrogen-bond acceptors (Lipinski definition) is 2. The van der Waals surface area contributed by atoms with Gasteiger partial charge in [-0.2, -0.15) is 9.07 Å². The minimum atomic E-state index is -0.643. The molecule has 0 saturated carbocycles. The van der Waals surface area contributed by atoms with Crippen LogP contribution in [0.1, 0.15) is 0 Å². The molecule has 0 saturated heterocycles.